The summed E-state index contributed by atoms with van der Waals surface area (Å²) in [6, 6.07) is 13.9. The second kappa shape index (κ2) is 9.45. The van der Waals surface area contributed by atoms with Gasteiger partial charge in [0.25, 0.3) is 5.69 Å². The molecule has 150 valence electrons. The van der Waals surface area contributed by atoms with Gasteiger partial charge in [-0.1, -0.05) is 35.0 Å². The normalized spacial score (nSPS) is 10.5. The van der Waals surface area contributed by atoms with Gasteiger partial charge in [0.2, 0.25) is 17.6 Å². The van der Waals surface area contributed by atoms with E-state index in [1.165, 1.54) is 12.1 Å². The highest BCUT2D eigenvalue weighted by Gasteiger charge is 2.10. The third kappa shape index (κ3) is 5.86. The average Bonchev–Trinajstić information content (AvgIpc) is 3.19. The first-order valence-corrected chi connectivity index (χ1v) is 9.16. The van der Waals surface area contributed by atoms with Gasteiger partial charge < -0.3 is 15.2 Å². The van der Waals surface area contributed by atoms with Gasteiger partial charge in [0.1, 0.15) is 0 Å². The fourth-order valence-electron chi connectivity index (χ4n) is 2.59. The van der Waals surface area contributed by atoms with Crippen molar-refractivity contribution >= 4 is 17.3 Å². The number of benzene rings is 2. The zero-order chi connectivity index (χ0) is 20.6. The van der Waals surface area contributed by atoms with Crippen LogP contribution in [0.4, 0.5) is 11.4 Å². The molecule has 0 spiro atoms. The Labute approximate surface area is 167 Å². The molecule has 0 aliphatic rings. The largest absolute Gasteiger partial charge is 0.383 e. The van der Waals surface area contributed by atoms with E-state index in [4.69, 9.17) is 4.52 Å². The molecule has 0 saturated carbocycles. The minimum absolute atomic E-state index is 0.0374. The number of hydrogen-bond acceptors (Lipinski definition) is 7. The van der Waals surface area contributed by atoms with Crippen LogP contribution in [0.1, 0.15) is 17.9 Å². The minimum atomic E-state index is -0.447. The molecule has 0 fully saturated rings. The maximum atomic E-state index is 12.0. The highest BCUT2D eigenvalue weighted by Crippen LogP contribution is 2.17. The number of carbonyl (C=O) groups excluding carboxylic acids is 1. The third-order valence-electron chi connectivity index (χ3n) is 4.20. The van der Waals surface area contributed by atoms with Crippen LogP contribution in [-0.2, 0) is 11.2 Å². The Balaban J connectivity index is 1.37. The highest BCUT2D eigenvalue weighted by molar-refractivity contribution is 5.76. The topological polar surface area (TPSA) is 123 Å². The predicted molar refractivity (Wildman–Crippen MR) is 107 cm³/mol. The van der Waals surface area contributed by atoms with Crippen LogP contribution in [0.15, 0.2) is 53.1 Å². The molecule has 3 aromatic rings. The Bertz CT molecular complexity index is 967. The zero-order valence-corrected chi connectivity index (χ0v) is 15.9. The standard InChI is InChI=1S/C20H21N5O4/c1-14-2-4-15(5-3-14)20-23-19(29-24-20)11-10-18(26)22-13-12-21-16-6-8-17(9-7-16)25(27)28/h2-9,21H,10-13H2,1H3,(H,22,26). The number of carbonyl (C=O) groups is 1. The first kappa shape index (κ1) is 20.0. The summed E-state index contributed by atoms with van der Waals surface area (Å²) in [5, 5.41) is 20.5. The van der Waals surface area contributed by atoms with Crippen LogP contribution in [0.2, 0.25) is 0 Å². The lowest BCUT2D eigenvalue weighted by Crippen LogP contribution is -2.28. The average molecular weight is 395 g/mol. The van der Waals surface area contributed by atoms with Crippen molar-refractivity contribution in [3.05, 3.63) is 70.1 Å². The molecule has 0 aliphatic heterocycles. The molecule has 9 nitrogen and oxygen atoms in total. The molecule has 0 unspecified atom stereocenters. The lowest BCUT2D eigenvalue weighted by atomic mass is 10.1. The van der Waals surface area contributed by atoms with Crippen LogP contribution in [0.25, 0.3) is 11.4 Å². The van der Waals surface area contributed by atoms with E-state index in [0.29, 0.717) is 31.2 Å². The summed E-state index contributed by atoms with van der Waals surface area (Å²) in [6.45, 7) is 2.93. The zero-order valence-electron chi connectivity index (χ0n) is 15.9. The van der Waals surface area contributed by atoms with Crippen LogP contribution in [0.5, 0.6) is 0 Å². The molecule has 0 radical (unpaired) electrons. The minimum Gasteiger partial charge on any atom is -0.383 e. The van der Waals surface area contributed by atoms with E-state index in [1.807, 2.05) is 31.2 Å². The molecule has 0 atom stereocenters. The van der Waals surface area contributed by atoms with Crippen molar-refractivity contribution in [3.8, 4) is 11.4 Å². The van der Waals surface area contributed by atoms with Crippen molar-refractivity contribution in [2.24, 2.45) is 0 Å². The van der Waals surface area contributed by atoms with Crippen LogP contribution < -0.4 is 10.6 Å². The Morgan fingerprint density at radius 1 is 1.10 bits per heavy atom. The number of rotatable bonds is 9. The van der Waals surface area contributed by atoms with Crippen molar-refractivity contribution in [2.75, 3.05) is 18.4 Å². The number of amides is 1. The lowest BCUT2D eigenvalue weighted by molar-refractivity contribution is -0.384. The second-order valence-corrected chi connectivity index (χ2v) is 6.46. The number of anilines is 1. The van der Waals surface area contributed by atoms with Gasteiger partial charge in [-0.2, -0.15) is 4.98 Å². The van der Waals surface area contributed by atoms with Gasteiger partial charge in [0.15, 0.2) is 0 Å². The number of non-ortho nitro benzene ring substituents is 1. The summed E-state index contributed by atoms with van der Waals surface area (Å²) in [5.74, 6) is 0.804. The van der Waals surface area contributed by atoms with Gasteiger partial charge in [-0.25, -0.2) is 0 Å². The summed E-state index contributed by atoms with van der Waals surface area (Å²) in [7, 11) is 0. The fourth-order valence-corrected chi connectivity index (χ4v) is 2.59. The quantitative estimate of drug-likeness (QED) is 0.324. The molecular weight excluding hydrogens is 374 g/mol. The number of hydrogen-bond donors (Lipinski definition) is 2. The van der Waals surface area contributed by atoms with E-state index in [1.54, 1.807) is 12.1 Å². The molecular formula is C20H21N5O4. The van der Waals surface area contributed by atoms with Crippen molar-refractivity contribution in [2.45, 2.75) is 19.8 Å². The number of nitro groups is 1. The molecule has 0 bridgehead atoms. The number of aromatic nitrogens is 2. The molecule has 3 rings (SSSR count). The van der Waals surface area contributed by atoms with Crippen molar-refractivity contribution in [1.29, 1.82) is 0 Å². The van der Waals surface area contributed by atoms with Crippen LogP contribution in [0, 0.1) is 17.0 Å². The molecule has 9 heteroatoms. The van der Waals surface area contributed by atoms with Gasteiger partial charge in [0, 0.05) is 49.3 Å². The summed E-state index contributed by atoms with van der Waals surface area (Å²) < 4.78 is 5.21. The first-order chi connectivity index (χ1) is 14.0. The molecule has 0 saturated heterocycles. The number of nitrogens with one attached hydrogen (secondary N) is 2. The molecule has 1 heterocycles. The van der Waals surface area contributed by atoms with E-state index in [2.05, 4.69) is 20.8 Å². The molecule has 29 heavy (non-hydrogen) atoms. The van der Waals surface area contributed by atoms with Crippen molar-refractivity contribution in [3.63, 3.8) is 0 Å². The second-order valence-electron chi connectivity index (χ2n) is 6.46. The smallest absolute Gasteiger partial charge is 0.269 e. The fraction of sp³-hybridized carbons (Fsp3) is 0.250. The summed E-state index contributed by atoms with van der Waals surface area (Å²) >= 11 is 0. The Hall–Kier alpha value is -3.75. The molecule has 2 N–H and O–H groups in total. The Morgan fingerprint density at radius 2 is 1.83 bits per heavy atom. The molecule has 1 aromatic heterocycles. The Kier molecular flexibility index (Phi) is 6.51. The van der Waals surface area contributed by atoms with Gasteiger partial charge in [-0.05, 0) is 19.1 Å². The summed E-state index contributed by atoms with van der Waals surface area (Å²) in [5.41, 5.74) is 2.80. The number of nitrogens with zero attached hydrogens (tertiary/aromatic N) is 3. The molecule has 0 aliphatic carbocycles. The lowest BCUT2D eigenvalue weighted by Gasteiger charge is -2.07. The van der Waals surface area contributed by atoms with Crippen LogP contribution in [0.3, 0.4) is 0 Å². The van der Waals surface area contributed by atoms with E-state index in [9.17, 15) is 14.9 Å². The highest BCUT2D eigenvalue weighted by atomic mass is 16.6. The van der Waals surface area contributed by atoms with Gasteiger partial charge >= 0.3 is 0 Å². The molecule has 1 amide bonds. The first-order valence-electron chi connectivity index (χ1n) is 9.16. The van der Waals surface area contributed by atoms with E-state index in [0.717, 1.165) is 16.8 Å². The predicted octanol–water partition coefficient (Wildman–Crippen LogP) is 3.11. The third-order valence-corrected chi connectivity index (χ3v) is 4.20. The van der Waals surface area contributed by atoms with Crippen LogP contribution in [-0.4, -0.2) is 34.1 Å². The molecule has 2 aromatic carbocycles. The number of aryl methyl sites for hydroxylation is 2. The maximum absolute atomic E-state index is 12.0. The van der Waals surface area contributed by atoms with Crippen molar-refractivity contribution in [1.82, 2.24) is 15.5 Å². The summed E-state index contributed by atoms with van der Waals surface area (Å²) in [4.78, 5) is 26.5. The van der Waals surface area contributed by atoms with E-state index < -0.39 is 4.92 Å². The number of nitro benzene ring substituents is 1. The maximum Gasteiger partial charge on any atom is 0.269 e. The SMILES string of the molecule is Cc1ccc(-c2noc(CCC(=O)NCCNc3ccc([N+](=O)[O-])cc3)n2)cc1. The van der Waals surface area contributed by atoms with Crippen LogP contribution >= 0.6 is 0 Å². The van der Waals surface area contributed by atoms with Crippen molar-refractivity contribution < 1.29 is 14.2 Å². The van der Waals surface area contributed by atoms with Gasteiger partial charge in [-0.3, -0.25) is 14.9 Å². The monoisotopic (exact) mass is 395 g/mol. The van der Waals surface area contributed by atoms with E-state index >= 15 is 0 Å². The van der Waals surface area contributed by atoms with E-state index in [-0.39, 0.29) is 18.0 Å². The Morgan fingerprint density at radius 3 is 2.52 bits per heavy atom. The van der Waals surface area contributed by atoms with Gasteiger partial charge in [0.05, 0.1) is 4.92 Å². The summed E-state index contributed by atoms with van der Waals surface area (Å²) in [6.07, 6.45) is 0.605. The van der Waals surface area contributed by atoms with Gasteiger partial charge in [-0.15, -0.1) is 0 Å².